The van der Waals surface area contributed by atoms with Crippen LogP contribution in [0.25, 0.3) is 0 Å². The van der Waals surface area contributed by atoms with Crippen LogP contribution in [0.15, 0.2) is 12.2 Å². The van der Waals surface area contributed by atoms with Gasteiger partial charge in [-0.2, -0.15) is 0 Å². The number of nitrogens with zero attached hydrogens (tertiary/aromatic N) is 1. The summed E-state index contributed by atoms with van der Waals surface area (Å²) in [5.74, 6) is 0.212. The topological polar surface area (TPSA) is 20.3 Å². The Morgan fingerprint density at radius 1 is 1.83 bits per heavy atom. The fourth-order valence-electron chi connectivity index (χ4n) is 1.38. The molecule has 0 aromatic heterocycles. The molecule has 1 aliphatic heterocycles. The number of halogens is 1. The Labute approximate surface area is 81.8 Å². The van der Waals surface area contributed by atoms with E-state index in [9.17, 15) is 4.79 Å². The number of carbonyl (C=O) groups excluding carboxylic acids is 1. The van der Waals surface area contributed by atoms with Crippen molar-refractivity contribution in [3.05, 3.63) is 12.2 Å². The van der Waals surface area contributed by atoms with Gasteiger partial charge in [-0.05, 0) is 19.8 Å². The van der Waals surface area contributed by atoms with Gasteiger partial charge in [-0.3, -0.25) is 4.79 Å². The highest BCUT2D eigenvalue weighted by atomic mass is 79.9. The first kappa shape index (κ1) is 9.78. The summed E-state index contributed by atoms with van der Waals surface area (Å²) in [5, 5.41) is 0. The summed E-state index contributed by atoms with van der Waals surface area (Å²) >= 11 is 3.36. The number of rotatable bonds is 2. The average molecular weight is 232 g/mol. The van der Waals surface area contributed by atoms with Crippen molar-refractivity contribution in [1.29, 1.82) is 0 Å². The van der Waals surface area contributed by atoms with Crippen molar-refractivity contribution in [3.8, 4) is 0 Å². The highest BCUT2D eigenvalue weighted by Gasteiger charge is 2.25. The Bertz CT molecular complexity index is 203. The molecule has 68 valence electrons. The summed E-state index contributed by atoms with van der Waals surface area (Å²) in [6.07, 6.45) is 2.06. The van der Waals surface area contributed by atoms with Gasteiger partial charge < -0.3 is 4.90 Å². The number of alkyl halides is 1. The Kier molecular flexibility index (Phi) is 3.32. The van der Waals surface area contributed by atoms with Crippen molar-refractivity contribution >= 4 is 21.8 Å². The molecule has 3 heteroatoms. The first-order valence-electron chi connectivity index (χ1n) is 4.18. The van der Waals surface area contributed by atoms with Crippen molar-refractivity contribution in [3.63, 3.8) is 0 Å². The van der Waals surface area contributed by atoms with E-state index in [0.717, 1.165) is 25.0 Å². The predicted octanol–water partition coefficient (Wildman–Crippen LogP) is 1.95. The molecule has 0 radical (unpaired) electrons. The summed E-state index contributed by atoms with van der Waals surface area (Å²) < 4.78 is 0. The molecule has 0 N–H and O–H groups in total. The molecule has 12 heavy (non-hydrogen) atoms. The van der Waals surface area contributed by atoms with Gasteiger partial charge in [0.1, 0.15) is 0 Å². The summed E-state index contributed by atoms with van der Waals surface area (Å²) in [6, 6.07) is 0. The molecule has 0 bridgehead atoms. The first-order valence-corrected chi connectivity index (χ1v) is 5.10. The summed E-state index contributed by atoms with van der Waals surface area (Å²) in [7, 11) is 0. The smallest absolute Gasteiger partial charge is 0.236 e. The van der Waals surface area contributed by atoms with Crippen LogP contribution in [0.5, 0.6) is 0 Å². The zero-order chi connectivity index (χ0) is 9.14. The van der Waals surface area contributed by atoms with Crippen LogP contribution in [0.1, 0.15) is 19.8 Å². The number of carbonyl (C=O) groups is 1. The van der Waals surface area contributed by atoms with E-state index in [1.54, 1.807) is 0 Å². The molecule has 1 atom stereocenters. The van der Waals surface area contributed by atoms with Gasteiger partial charge in [0.05, 0.1) is 4.83 Å². The predicted molar refractivity (Wildman–Crippen MR) is 53.3 cm³/mol. The van der Waals surface area contributed by atoms with Crippen molar-refractivity contribution in [1.82, 2.24) is 4.90 Å². The maximum absolute atomic E-state index is 11.5. The van der Waals surface area contributed by atoms with Crippen LogP contribution in [0, 0.1) is 0 Å². The van der Waals surface area contributed by atoms with E-state index in [-0.39, 0.29) is 10.7 Å². The van der Waals surface area contributed by atoms with Crippen LogP contribution in [0.3, 0.4) is 0 Å². The van der Waals surface area contributed by atoms with Crippen LogP contribution in [-0.2, 0) is 4.79 Å². The number of piperidine rings is 1. The zero-order valence-corrected chi connectivity index (χ0v) is 8.93. The molecule has 0 aromatic rings. The standard InChI is InChI=1S/C9H14BrNO/c1-7(2)6-11-5-3-4-8(10)9(11)12/h8H,1,3-6H2,2H3. The largest absolute Gasteiger partial charge is 0.338 e. The van der Waals surface area contributed by atoms with Gasteiger partial charge in [-0.15, -0.1) is 0 Å². The second-order valence-electron chi connectivity index (χ2n) is 3.33. The molecule has 2 nitrogen and oxygen atoms in total. The zero-order valence-electron chi connectivity index (χ0n) is 7.35. The maximum atomic E-state index is 11.5. The van der Waals surface area contributed by atoms with E-state index in [1.165, 1.54) is 0 Å². The number of amides is 1. The van der Waals surface area contributed by atoms with Gasteiger partial charge >= 0.3 is 0 Å². The van der Waals surface area contributed by atoms with Gasteiger partial charge in [0, 0.05) is 13.1 Å². The Morgan fingerprint density at radius 3 is 3.08 bits per heavy atom. The van der Waals surface area contributed by atoms with Crippen molar-refractivity contribution in [2.45, 2.75) is 24.6 Å². The lowest BCUT2D eigenvalue weighted by Gasteiger charge is -2.29. The molecule has 1 heterocycles. The third kappa shape index (κ3) is 2.34. The van der Waals surface area contributed by atoms with E-state index in [0.29, 0.717) is 6.54 Å². The summed E-state index contributed by atoms with van der Waals surface area (Å²) in [6.45, 7) is 7.34. The number of hydrogen-bond acceptors (Lipinski definition) is 1. The lowest BCUT2D eigenvalue weighted by molar-refractivity contribution is -0.131. The maximum Gasteiger partial charge on any atom is 0.236 e. The molecule has 0 aromatic carbocycles. The Morgan fingerprint density at radius 2 is 2.50 bits per heavy atom. The minimum Gasteiger partial charge on any atom is -0.338 e. The minimum absolute atomic E-state index is 0.0330. The van der Waals surface area contributed by atoms with E-state index in [4.69, 9.17) is 0 Å². The highest BCUT2D eigenvalue weighted by Crippen LogP contribution is 2.18. The van der Waals surface area contributed by atoms with Gasteiger partial charge in [0.2, 0.25) is 5.91 Å². The normalized spacial score (nSPS) is 24.3. The SMILES string of the molecule is C=C(C)CN1CCCC(Br)C1=O. The fraction of sp³-hybridized carbons (Fsp3) is 0.667. The molecule has 1 saturated heterocycles. The Hall–Kier alpha value is -0.310. The molecular formula is C9H14BrNO. The van der Waals surface area contributed by atoms with Crippen LogP contribution >= 0.6 is 15.9 Å². The molecular weight excluding hydrogens is 218 g/mol. The average Bonchev–Trinajstić information content (AvgIpc) is 1.98. The van der Waals surface area contributed by atoms with E-state index in [1.807, 2.05) is 11.8 Å². The molecule has 1 fully saturated rings. The Balaban J connectivity index is 2.52. The second-order valence-corrected chi connectivity index (χ2v) is 4.43. The minimum atomic E-state index is 0.0330. The third-order valence-electron chi connectivity index (χ3n) is 1.93. The number of hydrogen-bond donors (Lipinski definition) is 0. The van der Waals surface area contributed by atoms with Crippen molar-refractivity contribution in [2.24, 2.45) is 0 Å². The molecule has 1 aliphatic rings. The molecule has 0 spiro atoms. The number of likely N-dealkylation sites (tertiary alicyclic amines) is 1. The highest BCUT2D eigenvalue weighted by molar-refractivity contribution is 9.10. The summed E-state index contributed by atoms with van der Waals surface area (Å²) in [4.78, 5) is 13.4. The van der Waals surface area contributed by atoms with Gasteiger partial charge in [0.15, 0.2) is 0 Å². The van der Waals surface area contributed by atoms with Crippen LogP contribution < -0.4 is 0 Å². The lowest BCUT2D eigenvalue weighted by atomic mass is 10.1. The van der Waals surface area contributed by atoms with Crippen molar-refractivity contribution in [2.75, 3.05) is 13.1 Å². The van der Waals surface area contributed by atoms with E-state index in [2.05, 4.69) is 22.5 Å². The summed E-state index contributed by atoms with van der Waals surface area (Å²) in [5.41, 5.74) is 1.05. The van der Waals surface area contributed by atoms with Crippen molar-refractivity contribution < 1.29 is 4.79 Å². The monoisotopic (exact) mass is 231 g/mol. The lowest BCUT2D eigenvalue weighted by Crippen LogP contribution is -2.42. The van der Waals surface area contributed by atoms with Gasteiger partial charge in [-0.1, -0.05) is 28.1 Å². The first-order chi connectivity index (χ1) is 5.61. The third-order valence-corrected chi connectivity index (χ3v) is 2.78. The molecule has 1 unspecified atom stereocenters. The fourth-order valence-corrected chi connectivity index (χ4v) is 1.99. The quantitative estimate of drug-likeness (QED) is 0.526. The van der Waals surface area contributed by atoms with E-state index < -0.39 is 0 Å². The van der Waals surface area contributed by atoms with Gasteiger partial charge in [0.25, 0.3) is 0 Å². The molecule has 0 aliphatic carbocycles. The van der Waals surface area contributed by atoms with E-state index >= 15 is 0 Å². The molecule has 1 amide bonds. The van der Waals surface area contributed by atoms with Crippen LogP contribution in [0.4, 0.5) is 0 Å². The van der Waals surface area contributed by atoms with Crippen LogP contribution in [0.2, 0.25) is 0 Å². The molecule has 0 saturated carbocycles. The van der Waals surface area contributed by atoms with Crippen LogP contribution in [-0.4, -0.2) is 28.7 Å². The van der Waals surface area contributed by atoms with Gasteiger partial charge in [-0.25, -0.2) is 0 Å². The molecule has 1 rings (SSSR count). The second kappa shape index (κ2) is 4.08.